The van der Waals surface area contributed by atoms with Crippen molar-refractivity contribution in [3.8, 4) is 0 Å². The normalized spacial score (nSPS) is 22.8. The van der Waals surface area contributed by atoms with Gasteiger partial charge in [0.2, 0.25) is 0 Å². The molecule has 0 aromatic heterocycles. The second kappa shape index (κ2) is 4.62. The lowest BCUT2D eigenvalue weighted by molar-refractivity contribution is -0.122. The Morgan fingerprint density at radius 2 is 2.00 bits per heavy atom. The van der Waals surface area contributed by atoms with E-state index in [0.29, 0.717) is 0 Å². The van der Waals surface area contributed by atoms with E-state index in [9.17, 15) is 9.90 Å². The first-order valence-electron chi connectivity index (χ1n) is 5.62. The zero-order valence-electron chi connectivity index (χ0n) is 9.39. The predicted octanol–water partition coefficient (Wildman–Crippen LogP) is 2.65. The number of aliphatic hydroxyl groups excluding tert-OH is 1. The summed E-state index contributed by atoms with van der Waals surface area (Å²) in [5.41, 5.74) is 1.94. The average molecular weight is 216 g/mol. The molecule has 1 N–H and O–H groups in total. The number of carbonyl (C=O) groups excluding carboxylic acids is 1. The van der Waals surface area contributed by atoms with Gasteiger partial charge in [0, 0.05) is 0 Å². The largest absolute Gasteiger partial charge is 0.388 e. The van der Waals surface area contributed by atoms with Crippen LogP contribution in [0.4, 0.5) is 0 Å². The maximum Gasteiger partial charge on any atom is 0.161 e. The fraction of sp³-hybridized carbons (Fsp3) is 0.357. The summed E-state index contributed by atoms with van der Waals surface area (Å²) in [6.07, 6.45) is 2.65. The predicted molar refractivity (Wildman–Crippen MR) is 62.9 cm³/mol. The molecule has 0 bridgehead atoms. The van der Waals surface area contributed by atoms with E-state index in [-0.39, 0.29) is 11.7 Å². The van der Waals surface area contributed by atoms with Crippen molar-refractivity contribution in [3.05, 3.63) is 47.5 Å². The molecule has 0 fully saturated rings. The lowest BCUT2D eigenvalue weighted by Gasteiger charge is -2.24. The molecule has 84 valence electrons. The fourth-order valence-corrected chi connectivity index (χ4v) is 2.14. The maximum absolute atomic E-state index is 11.8. The van der Waals surface area contributed by atoms with Gasteiger partial charge in [-0.3, -0.25) is 4.79 Å². The van der Waals surface area contributed by atoms with Crippen molar-refractivity contribution in [1.82, 2.24) is 0 Å². The number of carbonyl (C=O) groups is 1. The molecule has 2 nitrogen and oxygen atoms in total. The van der Waals surface area contributed by atoms with Gasteiger partial charge in [-0.1, -0.05) is 35.9 Å². The Morgan fingerprint density at radius 3 is 2.62 bits per heavy atom. The molecule has 0 spiro atoms. The van der Waals surface area contributed by atoms with Crippen molar-refractivity contribution >= 4 is 5.78 Å². The third-order valence-corrected chi connectivity index (χ3v) is 3.13. The Bertz CT molecular complexity index is 406. The number of ketones is 1. The minimum absolute atomic E-state index is 0.0557. The average Bonchev–Trinajstić information content (AvgIpc) is 2.29. The molecule has 0 saturated carbocycles. The lowest BCUT2D eigenvalue weighted by atomic mass is 9.83. The van der Waals surface area contributed by atoms with E-state index in [1.54, 1.807) is 6.08 Å². The Labute approximate surface area is 95.6 Å². The maximum atomic E-state index is 11.8. The van der Waals surface area contributed by atoms with Crippen molar-refractivity contribution in [1.29, 1.82) is 0 Å². The SMILES string of the molecule is CC1=CC(=O)[C@@H]([C@H](O)c2ccccc2)CC1. The van der Waals surface area contributed by atoms with E-state index in [1.807, 2.05) is 37.3 Å². The molecule has 0 aliphatic heterocycles. The van der Waals surface area contributed by atoms with Crippen molar-refractivity contribution in [2.75, 3.05) is 0 Å². The first kappa shape index (κ1) is 11.1. The van der Waals surface area contributed by atoms with Crippen LogP contribution >= 0.6 is 0 Å². The molecule has 0 unspecified atom stereocenters. The van der Waals surface area contributed by atoms with Crippen LogP contribution in [0.1, 0.15) is 31.4 Å². The van der Waals surface area contributed by atoms with Crippen LogP contribution in [-0.2, 0) is 4.79 Å². The quantitative estimate of drug-likeness (QED) is 0.825. The molecule has 0 radical (unpaired) electrons. The van der Waals surface area contributed by atoms with Gasteiger partial charge < -0.3 is 5.11 Å². The van der Waals surface area contributed by atoms with Gasteiger partial charge in [0.1, 0.15) is 0 Å². The van der Waals surface area contributed by atoms with E-state index in [4.69, 9.17) is 0 Å². The summed E-state index contributed by atoms with van der Waals surface area (Å²) in [5, 5.41) is 10.2. The van der Waals surface area contributed by atoms with Gasteiger partial charge in [-0.25, -0.2) is 0 Å². The number of allylic oxidation sites excluding steroid dienone is 2. The third kappa shape index (κ3) is 2.22. The highest BCUT2D eigenvalue weighted by Crippen LogP contribution is 2.31. The van der Waals surface area contributed by atoms with E-state index in [1.165, 1.54) is 0 Å². The van der Waals surface area contributed by atoms with E-state index < -0.39 is 6.10 Å². The van der Waals surface area contributed by atoms with Gasteiger partial charge in [0.15, 0.2) is 5.78 Å². The third-order valence-electron chi connectivity index (χ3n) is 3.13. The van der Waals surface area contributed by atoms with Gasteiger partial charge >= 0.3 is 0 Å². The molecule has 2 rings (SSSR count). The number of hydrogen-bond acceptors (Lipinski definition) is 2. The van der Waals surface area contributed by atoms with Crippen molar-refractivity contribution in [2.45, 2.75) is 25.9 Å². The minimum atomic E-state index is -0.668. The summed E-state index contributed by atoms with van der Waals surface area (Å²) in [6, 6.07) is 9.40. The van der Waals surface area contributed by atoms with E-state index in [0.717, 1.165) is 24.0 Å². The molecular weight excluding hydrogens is 200 g/mol. The van der Waals surface area contributed by atoms with Crippen LogP contribution in [-0.4, -0.2) is 10.9 Å². The highest BCUT2D eigenvalue weighted by Gasteiger charge is 2.28. The molecular formula is C14H16O2. The molecule has 16 heavy (non-hydrogen) atoms. The van der Waals surface area contributed by atoms with Gasteiger partial charge in [-0.05, 0) is 31.4 Å². The van der Waals surface area contributed by atoms with Crippen molar-refractivity contribution in [2.24, 2.45) is 5.92 Å². The molecule has 1 aromatic carbocycles. The summed E-state index contributed by atoms with van der Waals surface area (Å²) in [5.74, 6) is -0.216. The fourth-order valence-electron chi connectivity index (χ4n) is 2.14. The zero-order valence-corrected chi connectivity index (χ0v) is 9.39. The Kier molecular flexibility index (Phi) is 3.20. The summed E-state index contributed by atoms with van der Waals surface area (Å²) in [4.78, 5) is 11.8. The summed E-state index contributed by atoms with van der Waals surface area (Å²) in [7, 11) is 0. The van der Waals surface area contributed by atoms with E-state index >= 15 is 0 Å². The Hall–Kier alpha value is -1.41. The molecule has 1 aliphatic carbocycles. The highest BCUT2D eigenvalue weighted by molar-refractivity contribution is 5.93. The van der Waals surface area contributed by atoms with Gasteiger partial charge in [-0.15, -0.1) is 0 Å². The van der Waals surface area contributed by atoms with Crippen molar-refractivity contribution < 1.29 is 9.90 Å². The zero-order chi connectivity index (χ0) is 11.5. The van der Waals surface area contributed by atoms with Crippen LogP contribution in [0, 0.1) is 5.92 Å². The van der Waals surface area contributed by atoms with E-state index in [2.05, 4.69) is 0 Å². The molecule has 1 aromatic rings. The standard InChI is InChI=1S/C14H16O2/c1-10-7-8-12(13(15)9-10)14(16)11-5-3-2-4-6-11/h2-6,9,12,14,16H,7-8H2,1H3/t12-,14+/m0/s1. The minimum Gasteiger partial charge on any atom is -0.388 e. The molecule has 0 heterocycles. The van der Waals surface area contributed by atoms with Crippen LogP contribution < -0.4 is 0 Å². The number of rotatable bonds is 2. The van der Waals surface area contributed by atoms with Gasteiger partial charge in [0.05, 0.1) is 12.0 Å². The summed E-state index contributed by atoms with van der Waals surface area (Å²) < 4.78 is 0. The van der Waals surface area contributed by atoms with Crippen LogP contribution in [0.3, 0.4) is 0 Å². The van der Waals surface area contributed by atoms with Gasteiger partial charge in [0.25, 0.3) is 0 Å². The van der Waals surface area contributed by atoms with Gasteiger partial charge in [-0.2, -0.15) is 0 Å². The second-order valence-corrected chi connectivity index (χ2v) is 4.39. The second-order valence-electron chi connectivity index (χ2n) is 4.39. The molecule has 2 heteroatoms. The molecule has 2 atom stereocenters. The van der Waals surface area contributed by atoms with Crippen LogP contribution in [0.15, 0.2) is 42.0 Å². The van der Waals surface area contributed by atoms with Crippen LogP contribution in [0.5, 0.6) is 0 Å². The monoisotopic (exact) mass is 216 g/mol. The molecule has 0 saturated heterocycles. The van der Waals surface area contributed by atoms with Crippen LogP contribution in [0.2, 0.25) is 0 Å². The smallest absolute Gasteiger partial charge is 0.161 e. The highest BCUT2D eigenvalue weighted by atomic mass is 16.3. The number of aliphatic hydroxyl groups is 1. The summed E-state index contributed by atoms with van der Waals surface area (Å²) >= 11 is 0. The Morgan fingerprint density at radius 1 is 1.31 bits per heavy atom. The first-order valence-corrected chi connectivity index (χ1v) is 5.62. The molecule has 1 aliphatic rings. The number of benzene rings is 1. The summed E-state index contributed by atoms with van der Waals surface area (Å²) in [6.45, 7) is 1.96. The molecule has 0 amide bonds. The van der Waals surface area contributed by atoms with Crippen LogP contribution in [0.25, 0.3) is 0 Å². The lowest BCUT2D eigenvalue weighted by Crippen LogP contribution is -2.24. The van der Waals surface area contributed by atoms with Crippen molar-refractivity contribution in [3.63, 3.8) is 0 Å². The topological polar surface area (TPSA) is 37.3 Å². The first-order chi connectivity index (χ1) is 7.68. The Balaban J connectivity index is 2.18. The number of hydrogen-bond donors (Lipinski definition) is 1.